The Hall–Kier alpha value is -3.85. The van der Waals surface area contributed by atoms with E-state index in [0.29, 0.717) is 35.3 Å². The van der Waals surface area contributed by atoms with Gasteiger partial charge in [0.2, 0.25) is 11.8 Å². The van der Waals surface area contributed by atoms with E-state index in [9.17, 15) is 4.79 Å². The second kappa shape index (κ2) is 11.3. The standard InChI is InChI=1S/C27H33N5O4/c1-19-8-6-7-9-24(19)36-25-23(17-28-27(29-25)32-12-10-30(2)11-13-32)26(33)31(3)18-20-14-21(34-4)16-22(15-20)35-5/h6-9,14-17H,10-13,18H2,1-5H3. The zero-order chi connectivity index (χ0) is 25.7. The largest absolute Gasteiger partial charge is 0.497 e. The summed E-state index contributed by atoms with van der Waals surface area (Å²) in [5, 5.41) is 0. The van der Waals surface area contributed by atoms with Gasteiger partial charge in [-0.15, -0.1) is 0 Å². The zero-order valence-electron chi connectivity index (χ0n) is 21.5. The lowest BCUT2D eigenvalue weighted by Gasteiger charge is -2.32. The number of carbonyl (C=O) groups is 1. The van der Waals surface area contributed by atoms with E-state index in [2.05, 4.69) is 21.8 Å². The van der Waals surface area contributed by atoms with Crippen LogP contribution in [-0.2, 0) is 6.54 Å². The Labute approximate surface area is 212 Å². The molecule has 0 spiro atoms. The Kier molecular flexibility index (Phi) is 7.90. The highest BCUT2D eigenvalue weighted by Gasteiger charge is 2.24. The lowest BCUT2D eigenvalue weighted by Crippen LogP contribution is -2.45. The van der Waals surface area contributed by atoms with Crippen LogP contribution in [0.15, 0.2) is 48.7 Å². The van der Waals surface area contributed by atoms with E-state index < -0.39 is 0 Å². The molecule has 0 saturated carbocycles. The van der Waals surface area contributed by atoms with E-state index in [0.717, 1.165) is 37.3 Å². The molecule has 0 N–H and O–H groups in total. The molecule has 3 aromatic rings. The van der Waals surface area contributed by atoms with Crippen LogP contribution in [0.5, 0.6) is 23.1 Å². The molecular weight excluding hydrogens is 458 g/mol. The molecule has 36 heavy (non-hydrogen) atoms. The average Bonchev–Trinajstić information content (AvgIpc) is 2.89. The smallest absolute Gasteiger partial charge is 0.260 e. The lowest BCUT2D eigenvalue weighted by molar-refractivity contribution is 0.0781. The van der Waals surface area contributed by atoms with E-state index in [1.54, 1.807) is 38.4 Å². The van der Waals surface area contributed by atoms with Crippen LogP contribution in [-0.4, -0.2) is 80.2 Å². The van der Waals surface area contributed by atoms with Crippen LogP contribution in [0.4, 0.5) is 5.95 Å². The van der Waals surface area contributed by atoms with E-state index in [4.69, 9.17) is 19.2 Å². The molecular formula is C27H33N5O4. The third-order valence-electron chi connectivity index (χ3n) is 6.24. The van der Waals surface area contributed by atoms with Gasteiger partial charge in [-0.25, -0.2) is 4.98 Å². The van der Waals surface area contributed by atoms with Gasteiger partial charge >= 0.3 is 0 Å². The maximum absolute atomic E-state index is 13.6. The van der Waals surface area contributed by atoms with Crippen LogP contribution in [0.1, 0.15) is 21.5 Å². The number of amides is 1. The molecule has 4 rings (SSSR count). The van der Waals surface area contributed by atoms with E-state index in [1.165, 1.54) is 0 Å². The highest BCUT2D eigenvalue weighted by molar-refractivity contribution is 5.96. The van der Waals surface area contributed by atoms with Crippen LogP contribution in [0.2, 0.25) is 0 Å². The summed E-state index contributed by atoms with van der Waals surface area (Å²) in [7, 11) is 7.03. The first-order chi connectivity index (χ1) is 17.4. The number of hydrogen-bond acceptors (Lipinski definition) is 8. The number of rotatable bonds is 8. The number of ether oxygens (including phenoxy) is 3. The topological polar surface area (TPSA) is 80.3 Å². The first-order valence-corrected chi connectivity index (χ1v) is 11.9. The predicted molar refractivity (Wildman–Crippen MR) is 138 cm³/mol. The van der Waals surface area contributed by atoms with Crippen LogP contribution >= 0.6 is 0 Å². The summed E-state index contributed by atoms with van der Waals surface area (Å²) in [5.41, 5.74) is 2.12. The third kappa shape index (κ3) is 5.85. The molecule has 1 aliphatic heterocycles. The summed E-state index contributed by atoms with van der Waals surface area (Å²) in [6.45, 7) is 5.77. The molecule has 9 heteroatoms. The molecule has 0 unspecified atom stereocenters. The molecule has 1 aromatic heterocycles. The van der Waals surface area contributed by atoms with Gasteiger partial charge in [0.05, 0.1) is 14.2 Å². The van der Waals surface area contributed by atoms with Crippen molar-refractivity contribution in [1.82, 2.24) is 19.8 Å². The molecule has 1 fully saturated rings. The number of hydrogen-bond donors (Lipinski definition) is 0. The van der Waals surface area contributed by atoms with Crippen molar-refractivity contribution in [3.63, 3.8) is 0 Å². The Morgan fingerprint density at radius 2 is 1.69 bits per heavy atom. The number of carbonyl (C=O) groups excluding carboxylic acids is 1. The number of benzene rings is 2. The fourth-order valence-corrected chi connectivity index (χ4v) is 4.02. The minimum absolute atomic E-state index is 0.244. The lowest BCUT2D eigenvalue weighted by atomic mass is 10.1. The van der Waals surface area contributed by atoms with Crippen molar-refractivity contribution in [2.45, 2.75) is 13.5 Å². The molecule has 0 bridgehead atoms. The third-order valence-corrected chi connectivity index (χ3v) is 6.24. The average molecular weight is 492 g/mol. The zero-order valence-corrected chi connectivity index (χ0v) is 21.5. The number of methoxy groups -OCH3 is 2. The number of likely N-dealkylation sites (N-methyl/N-ethyl adjacent to an activating group) is 1. The fraction of sp³-hybridized carbons (Fsp3) is 0.370. The Morgan fingerprint density at radius 1 is 1.03 bits per heavy atom. The van der Waals surface area contributed by atoms with Gasteiger partial charge in [-0.3, -0.25) is 4.79 Å². The first kappa shape index (κ1) is 25.2. The SMILES string of the molecule is COc1cc(CN(C)C(=O)c2cnc(N3CCN(C)CC3)nc2Oc2ccccc2C)cc(OC)c1. The monoisotopic (exact) mass is 491 g/mol. The van der Waals surface area contributed by atoms with Gasteiger partial charge < -0.3 is 28.9 Å². The highest BCUT2D eigenvalue weighted by Crippen LogP contribution is 2.29. The van der Waals surface area contributed by atoms with Crippen molar-refractivity contribution in [1.29, 1.82) is 0 Å². The van der Waals surface area contributed by atoms with Crippen molar-refractivity contribution in [3.05, 3.63) is 65.4 Å². The first-order valence-electron chi connectivity index (χ1n) is 11.9. The van der Waals surface area contributed by atoms with Crippen molar-refractivity contribution in [2.24, 2.45) is 0 Å². The van der Waals surface area contributed by atoms with Gasteiger partial charge in [-0.05, 0) is 43.3 Å². The van der Waals surface area contributed by atoms with Gasteiger partial charge in [0.1, 0.15) is 22.8 Å². The van der Waals surface area contributed by atoms with Crippen molar-refractivity contribution in [2.75, 3.05) is 59.4 Å². The minimum Gasteiger partial charge on any atom is -0.497 e. The van der Waals surface area contributed by atoms with E-state index in [-0.39, 0.29) is 11.8 Å². The molecule has 1 aliphatic rings. The molecule has 0 radical (unpaired) electrons. The van der Waals surface area contributed by atoms with Crippen molar-refractivity contribution in [3.8, 4) is 23.1 Å². The molecule has 1 saturated heterocycles. The van der Waals surface area contributed by atoms with Crippen molar-refractivity contribution >= 4 is 11.9 Å². The molecule has 0 atom stereocenters. The minimum atomic E-state index is -0.245. The summed E-state index contributed by atoms with van der Waals surface area (Å²) in [5.74, 6) is 2.53. The Bertz CT molecular complexity index is 1190. The highest BCUT2D eigenvalue weighted by atomic mass is 16.5. The number of anilines is 1. The summed E-state index contributed by atoms with van der Waals surface area (Å²) in [4.78, 5) is 28.8. The maximum atomic E-state index is 13.6. The fourth-order valence-electron chi connectivity index (χ4n) is 4.02. The van der Waals surface area contributed by atoms with Gasteiger partial charge in [0.25, 0.3) is 5.91 Å². The Balaban J connectivity index is 1.63. The summed E-state index contributed by atoms with van der Waals surface area (Å²) in [6, 6.07) is 13.2. The van der Waals surface area contributed by atoms with Crippen LogP contribution in [0, 0.1) is 6.92 Å². The van der Waals surface area contributed by atoms with Crippen LogP contribution in [0.3, 0.4) is 0 Å². The van der Waals surface area contributed by atoms with Gasteiger partial charge in [-0.2, -0.15) is 4.98 Å². The molecule has 1 amide bonds. The number of aromatic nitrogens is 2. The maximum Gasteiger partial charge on any atom is 0.260 e. The number of aryl methyl sites for hydroxylation is 1. The van der Waals surface area contributed by atoms with E-state index in [1.807, 2.05) is 43.3 Å². The normalized spacial score (nSPS) is 13.9. The Morgan fingerprint density at radius 3 is 2.33 bits per heavy atom. The van der Waals surface area contributed by atoms with Crippen molar-refractivity contribution < 1.29 is 19.0 Å². The number of para-hydroxylation sites is 1. The van der Waals surface area contributed by atoms with Crippen LogP contribution in [0.25, 0.3) is 0 Å². The van der Waals surface area contributed by atoms with Gasteiger partial charge in [-0.1, -0.05) is 18.2 Å². The molecule has 190 valence electrons. The molecule has 0 aliphatic carbocycles. The summed E-state index contributed by atoms with van der Waals surface area (Å²) >= 11 is 0. The molecule has 2 heterocycles. The van der Waals surface area contributed by atoms with Crippen LogP contribution < -0.4 is 19.1 Å². The number of piperazine rings is 1. The number of nitrogens with zero attached hydrogens (tertiary/aromatic N) is 5. The summed E-state index contributed by atoms with van der Waals surface area (Å²) < 4.78 is 16.9. The second-order valence-electron chi connectivity index (χ2n) is 8.93. The van der Waals surface area contributed by atoms with E-state index >= 15 is 0 Å². The second-order valence-corrected chi connectivity index (χ2v) is 8.93. The van der Waals surface area contributed by atoms with Gasteiger partial charge in [0.15, 0.2) is 0 Å². The predicted octanol–water partition coefficient (Wildman–Crippen LogP) is 3.62. The molecule has 2 aromatic carbocycles. The quantitative estimate of drug-likeness (QED) is 0.473. The molecule has 9 nitrogen and oxygen atoms in total. The summed E-state index contributed by atoms with van der Waals surface area (Å²) in [6.07, 6.45) is 1.57. The van der Waals surface area contributed by atoms with Gasteiger partial charge in [0, 0.05) is 52.0 Å².